The highest BCUT2D eigenvalue weighted by Gasteiger charge is 2.37. The zero-order valence-electron chi connectivity index (χ0n) is 33.3. The molecule has 0 spiro atoms. The largest absolute Gasteiger partial charge is 0.455 e. The van der Waals surface area contributed by atoms with Crippen LogP contribution in [0.25, 0.3) is 111 Å². The monoisotopic (exact) mass is 766 g/mol. The summed E-state index contributed by atoms with van der Waals surface area (Å²) in [4.78, 5) is 10.5. The van der Waals surface area contributed by atoms with Gasteiger partial charge in [0, 0.05) is 38.3 Å². The Morgan fingerprint density at radius 2 is 1.03 bits per heavy atom. The molecule has 12 rings (SSSR count). The predicted octanol–water partition coefficient (Wildman–Crippen LogP) is 15.3. The molecule has 0 bridgehead atoms. The summed E-state index contributed by atoms with van der Waals surface area (Å²) in [6, 6.07) is 69.5. The maximum atomic E-state index is 6.45. The lowest BCUT2D eigenvalue weighted by Gasteiger charge is -2.22. The molecule has 9 aromatic carbocycles. The zero-order valence-corrected chi connectivity index (χ0v) is 33.3. The van der Waals surface area contributed by atoms with Crippen molar-refractivity contribution in [1.29, 1.82) is 0 Å². The first-order valence-corrected chi connectivity index (χ1v) is 20.6. The summed E-state index contributed by atoms with van der Waals surface area (Å²) in [5.74, 6) is 0.710. The van der Waals surface area contributed by atoms with Crippen LogP contribution in [0.15, 0.2) is 199 Å². The van der Waals surface area contributed by atoms with Gasteiger partial charge in [-0.2, -0.15) is 0 Å². The minimum Gasteiger partial charge on any atom is -0.455 e. The van der Waals surface area contributed by atoms with Gasteiger partial charge in [-0.25, -0.2) is 9.97 Å². The van der Waals surface area contributed by atoms with Crippen LogP contribution in [0.3, 0.4) is 0 Å². The molecule has 3 nitrogen and oxygen atoms in total. The third kappa shape index (κ3) is 5.36. The van der Waals surface area contributed by atoms with E-state index in [-0.39, 0.29) is 5.41 Å². The van der Waals surface area contributed by atoms with Crippen LogP contribution in [0.2, 0.25) is 0 Å². The van der Waals surface area contributed by atoms with Gasteiger partial charge in [0.25, 0.3) is 0 Å². The van der Waals surface area contributed by atoms with Crippen LogP contribution >= 0.6 is 0 Å². The Bertz CT molecular complexity index is 3500. The number of benzene rings is 9. The molecule has 0 fully saturated rings. The Hall–Kier alpha value is -7.62. The fourth-order valence-electron chi connectivity index (χ4n) is 9.61. The van der Waals surface area contributed by atoms with Crippen LogP contribution in [0.4, 0.5) is 0 Å². The van der Waals surface area contributed by atoms with E-state index in [0.717, 1.165) is 66.5 Å². The summed E-state index contributed by atoms with van der Waals surface area (Å²) in [7, 11) is 0. The number of hydrogen-bond donors (Lipinski definition) is 0. The molecule has 60 heavy (non-hydrogen) atoms. The van der Waals surface area contributed by atoms with Gasteiger partial charge in [0.05, 0.1) is 11.4 Å². The molecule has 1 aliphatic carbocycles. The summed E-state index contributed by atoms with van der Waals surface area (Å²) in [6.45, 7) is 4.69. The van der Waals surface area contributed by atoms with E-state index in [2.05, 4.69) is 202 Å². The lowest BCUT2D eigenvalue weighted by Crippen LogP contribution is -2.14. The lowest BCUT2D eigenvalue weighted by molar-refractivity contribution is 0.661. The molecule has 2 heterocycles. The maximum Gasteiger partial charge on any atom is 0.160 e. The fraction of sp³-hybridized carbons (Fsp3) is 0.0526. The Kier molecular flexibility index (Phi) is 7.58. The second-order valence-electron chi connectivity index (χ2n) is 16.5. The van der Waals surface area contributed by atoms with Crippen molar-refractivity contribution < 1.29 is 4.42 Å². The van der Waals surface area contributed by atoms with Gasteiger partial charge in [-0.05, 0) is 97.1 Å². The predicted molar refractivity (Wildman–Crippen MR) is 249 cm³/mol. The summed E-state index contributed by atoms with van der Waals surface area (Å²) in [6.07, 6.45) is 0. The number of furan rings is 1. The second kappa shape index (κ2) is 13.2. The quantitative estimate of drug-likeness (QED) is 0.175. The van der Waals surface area contributed by atoms with E-state index < -0.39 is 0 Å². The lowest BCUT2D eigenvalue weighted by atomic mass is 9.81. The third-order valence-corrected chi connectivity index (χ3v) is 12.7. The van der Waals surface area contributed by atoms with Gasteiger partial charge in [0.15, 0.2) is 5.82 Å². The molecule has 11 aromatic rings. The Balaban J connectivity index is 0.964. The van der Waals surface area contributed by atoms with E-state index in [1.165, 1.54) is 49.5 Å². The maximum absolute atomic E-state index is 6.45. The zero-order chi connectivity index (χ0) is 40.0. The van der Waals surface area contributed by atoms with Crippen molar-refractivity contribution in [2.24, 2.45) is 0 Å². The average Bonchev–Trinajstić information content (AvgIpc) is 3.79. The van der Waals surface area contributed by atoms with Crippen molar-refractivity contribution in [3.8, 4) is 67.3 Å². The summed E-state index contributed by atoms with van der Waals surface area (Å²) in [5.41, 5.74) is 16.5. The molecule has 0 aliphatic heterocycles. The molecule has 0 atom stereocenters. The Morgan fingerprint density at radius 3 is 1.85 bits per heavy atom. The highest BCUT2D eigenvalue weighted by atomic mass is 16.3. The summed E-state index contributed by atoms with van der Waals surface area (Å²) in [5, 5.41) is 7.08. The number of rotatable bonds is 5. The first-order valence-electron chi connectivity index (χ1n) is 20.6. The number of fused-ring (bicyclic) bond motifs is 9. The molecule has 0 unspecified atom stereocenters. The molecule has 2 aromatic heterocycles. The molecule has 0 N–H and O–H groups in total. The molecule has 282 valence electrons. The highest BCUT2D eigenvalue weighted by Crippen LogP contribution is 2.53. The topological polar surface area (TPSA) is 38.9 Å². The van der Waals surface area contributed by atoms with Crippen molar-refractivity contribution in [3.05, 3.63) is 205 Å². The van der Waals surface area contributed by atoms with E-state index in [0.29, 0.717) is 5.82 Å². The standard InChI is InChI=1S/C57H38N2O/c1-57(2)49-22-12-21-46(54(49)48-31-39-16-6-7-17-40(39)33-50(48)57)52-34-51(58-56(59-52)38-14-4-3-5-15-38)37-25-23-36(24-26-37)42-18-10-11-19-43(42)41-28-30-53-47(32-41)45-29-27-35-13-8-9-20-44(35)55(45)60-53/h3-34H,1-2H3. The van der Waals surface area contributed by atoms with Gasteiger partial charge in [-0.1, -0.05) is 172 Å². The number of hydrogen-bond acceptors (Lipinski definition) is 3. The van der Waals surface area contributed by atoms with E-state index in [1.54, 1.807) is 0 Å². The smallest absolute Gasteiger partial charge is 0.160 e. The first-order chi connectivity index (χ1) is 29.5. The molecule has 1 aliphatic rings. The summed E-state index contributed by atoms with van der Waals surface area (Å²) >= 11 is 0. The average molecular weight is 767 g/mol. The van der Waals surface area contributed by atoms with Crippen LogP contribution in [-0.4, -0.2) is 9.97 Å². The van der Waals surface area contributed by atoms with Crippen molar-refractivity contribution in [1.82, 2.24) is 9.97 Å². The van der Waals surface area contributed by atoms with Crippen LogP contribution in [0.5, 0.6) is 0 Å². The number of nitrogens with zero attached hydrogens (tertiary/aromatic N) is 2. The minimum absolute atomic E-state index is 0.151. The fourth-order valence-corrected chi connectivity index (χ4v) is 9.61. The van der Waals surface area contributed by atoms with Gasteiger partial charge in [0.2, 0.25) is 0 Å². The molecule has 0 saturated carbocycles. The van der Waals surface area contributed by atoms with Crippen molar-refractivity contribution in [3.63, 3.8) is 0 Å². The molecule has 0 saturated heterocycles. The van der Waals surface area contributed by atoms with Gasteiger partial charge in [-0.3, -0.25) is 0 Å². The highest BCUT2D eigenvalue weighted by molar-refractivity contribution is 6.15. The van der Waals surface area contributed by atoms with Gasteiger partial charge in [-0.15, -0.1) is 0 Å². The van der Waals surface area contributed by atoms with E-state index in [9.17, 15) is 0 Å². The van der Waals surface area contributed by atoms with E-state index in [1.807, 2.05) is 6.07 Å². The first kappa shape index (κ1) is 34.4. The van der Waals surface area contributed by atoms with Crippen LogP contribution < -0.4 is 0 Å². The molecular formula is C57H38N2O. The van der Waals surface area contributed by atoms with Gasteiger partial charge >= 0.3 is 0 Å². The Labute approximate surface area is 348 Å². The van der Waals surface area contributed by atoms with Crippen LogP contribution in [-0.2, 0) is 5.41 Å². The minimum atomic E-state index is -0.151. The van der Waals surface area contributed by atoms with Crippen LogP contribution in [0.1, 0.15) is 25.0 Å². The number of aromatic nitrogens is 2. The second-order valence-corrected chi connectivity index (χ2v) is 16.5. The van der Waals surface area contributed by atoms with Gasteiger partial charge in [0.1, 0.15) is 11.2 Å². The van der Waals surface area contributed by atoms with Crippen molar-refractivity contribution >= 4 is 43.5 Å². The normalized spacial score (nSPS) is 13.0. The molecule has 0 radical (unpaired) electrons. The molecule has 0 amide bonds. The van der Waals surface area contributed by atoms with Crippen molar-refractivity contribution in [2.45, 2.75) is 19.3 Å². The van der Waals surface area contributed by atoms with Gasteiger partial charge < -0.3 is 4.42 Å². The molecular weight excluding hydrogens is 729 g/mol. The van der Waals surface area contributed by atoms with E-state index in [4.69, 9.17) is 14.4 Å². The Morgan fingerprint density at radius 1 is 0.383 bits per heavy atom. The van der Waals surface area contributed by atoms with E-state index >= 15 is 0 Å². The molecule has 3 heteroatoms. The third-order valence-electron chi connectivity index (χ3n) is 12.7. The SMILES string of the molecule is CC1(C)c2cc3ccccc3cc2-c2c(-c3cc(-c4ccc(-c5ccccc5-c5ccc6oc7c8ccccc8ccc7c6c5)cc4)nc(-c4ccccc4)n3)cccc21. The van der Waals surface area contributed by atoms with Crippen molar-refractivity contribution in [2.75, 3.05) is 0 Å². The summed E-state index contributed by atoms with van der Waals surface area (Å²) < 4.78 is 6.45. The van der Waals surface area contributed by atoms with Crippen LogP contribution in [0, 0.1) is 0 Å².